The number of carbonyl (C=O) groups excluding carboxylic acids is 1. The van der Waals surface area contributed by atoms with Crippen molar-refractivity contribution in [1.82, 2.24) is 15.6 Å². The molecule has 1 aromatic heterocycles. The summed E-state index contributed by atoms with van der Waals surface area (Å²) in [6.07, 6.45) is 0.757. The summed E-state index contributed by atoms with van der Waals surface area (Å²) in [7, 11) is 0. The molecular weight excluding hydrogens is 242 g/mol. The molecule has 0 bridgehead atoms. The highest BCUT2D eigenvalue weighted by atomic mass is 16.3. The number of hydrogen-bond acceptors (Lipinski definition) is 3. The Kier molecular flexibility index (Phi) is 6.29. The van der Waals surface area contributed by atoms with Crippen LogP contribution in [-0.2, 0) is 6.54 Å². The summed E-state index contributed by atoms with van der Waals surface area (Å²) in [5, 5.41) is 14.7. The third kappa shape index (κ3) is 6.20. The molecule has 5 heteroatoms. The van der Waals surface area contributed by atoms with Crippen LogP contribution in [-0.4, -0.2) is 28.8 Å². The van der Waals surface area contributed by atoms with E-state index in [9.17, 15) is 9.90 Å². The largest absolute Gasteiger partial charge is 0.394 e. The lowest BCUT2D eigenvalue weighted by Crippen LogP contribution is -2.44. The van der Waals surface area contributed by atoms with Crippen molar-refractivity contribution in [2.45, 2.75) is 39.8 Å². The second kappa shape index (κ2) is 7.74. The van der Waals surface area contributed by atoms with Crippen molar-refractivity contribution in [3.63, 3.8) is 0 Å². The maximum atomic E-state index is 11.7. The third-order valence-electron chi connectivity index (χ3n) is 2.69. The van der Waals surface area contributed by atoms with E-state index in [-0.39, 0.29) is 18.7 Å². The fourth-order valence-electron chi connectivity index (χ4n) is 1.85. The fourth-order valence-corrected chi connectivity index (χ4v) is 1.85. The van der Waals surface area contributed by atoms with Crippen LogP contribution < -0.4 is 10.6 Å². The molecule has 0 saturated heterocycles. The zero-order valence-electron chi connectivity index (χ0n) is 11.8. The Morgan fingerprint density at radius 2 is 2.16 bits per heavy atom. The normalized spacial score (nSPS) is 12.3. The van der Waals surface area contributed by atoms with Gasteiger partial charge in [-0.25, -0.2) is 4.79 Å². The highest BCUT2D eigenvalue weighted by Crippen LogP contribution is 2.04. The summed E-state index contributed by atoms with van der Waals surface area (Å²) in [6.45, 7) is 6.35. The molecule has 1 heterocycles. The van der Waals surface area contributed by atoms with Crippen molar-refractivity contribution in [3.05, 3.63) is 29.6 Å². The molecule has 2 amide bonds. The SMILES string of the molecule is Cc1cccc(CNC(=O)NC(CO)CC(C)C)n1. The molecule has 1 rings (SSSR count). The molecule has 1 unspecified atom stereocenters. The van der Waals surface area contributed by atoms with Crippen molar-refractivity contribution in [1.29, 1.82) is 0 Å². The van der Waals surface area contributed by atoms with Crippen LogP contribution >= 0.6 is 0 Å². The lowest BCUT2D eigenvalue weighted by atomic mass is 10.0. The van der Waals surface area contributed by atoms with Crippen molar-refractivity contribution >= 4 is 6.03 Å². The fraction of sp³-hybridized carbons (Fsp3) is 0.571. The van der Waals surface area contributed by atoms with E-state index in [0.29, 0.717) is 12.5 Å². The first kappa shape index (κ1) is 15.4. The lowest BCUT2D eigenvalue weighted by molar-refractivity contribution is 0.206. The van der Waals surface area contributed by atoms with Gasteiger partial charge in [-0.1, -0.05) is 19.9 Å². The number of aryl methyl sites for hydroxylation is 1. The van der Waals surface area contributed by atoms with Gasteiger partial charge < -0.3 is 15.7 Å². The van der Waals surface area contributed by atoms with E-state index in [4.69, 9.17) is 0 Å². The Balaban J connectivity index is 2.38. The van der Waals surface area contributed by atoms with Crippen molar-refractivity contribution in [2.24, 2.45) is 5.92 Å². The minimum absolute atomic E-state index is 0.0473. The summed E-state index contributed by atoms with van der Waals surface area (Å²) in [5.41, 5.74) is 1.74. The number of carbonyl (C=O) groups is 1. The van der Waals surface area contributed by atoms with E-state index in [2.05, 4.69) is 29.5 Å². The Bertz CT molecular complexity index is 407. The Labute approximate surface area is 114 Å². The molecule has 0 radical (unpaired) electrons. The van der Waals surface area contributed by atoms with Gasteiger partial charge in [-0.2, -0.15) is 0 Å². The van der Waals surface area contributed by atoms with Gasteiger partial charge >= 0.3 is 6.03 Å². The van der Waals surface area contributed by atoms with Gasteiger partial charge in [-0.15, -0.1) is 0 Å². The number of hydrogen-bond donors (Lipinski definition) is 3. The van der Waals surface area contributed by atoms with Gasteiger partial charge in [0.1, 0.15) is 0 Å². The van der Waals surface area contributed by atoms with Crippen LogP contribution in [0.3, 0.4) is 0 Å². The quantitative estimate of drug-likeness (QED) is 0.731. The van der Waals surface area contributed by atoms with Crippen LogP contribution in [0.4, 0.5) is 4.79 Å². The second-order valence-electron chi connectivity index (χ2n) is 5.11. The van der Waals surface area contributed by atoms with E-state index in [1.807, 2.05) is 25.1 Å². The smallest absolute Gasteiger partial charge is 0.315 e. The minimum Gasteiger partial charge on any atom is -0.394 e. The van der Waals surface area contributed by atoms with Gasteiger partial charge in [0, 0.05) is 5.69 Å². The second-order valence-corrected chi connectivity index (χ2v) is 5.11. The molecule has 5 nitrogen and oxygen atoms in total. The molecule has 0 fully saturated rings. The number of amides is 2. The van der Waals surface area contributed by atoms with Crippen LogP contribution in [0.1, 0.15) is 31.7 Å². The average Bonchev–Trinajstić information content (AvgIpc) is 2.35. The molecule has 106 valence electrons. The van der Waals surface area contributed by atoms with Gasteiger partial charge in [-0.05, 0) is 31.4 Å². The molecule has 0 saturated carbocycles. The van der Waals surface area contributed by atoms with E-state index >= 15 is 0 Å². The summed E-state index contributed by atoms with van der Waals surface area (Å²) in [6, 6.07) is 5.21. The van der Waals surface area contributed by atoms with E-state index in [1.165, 1.54) is 0 Å². The first-order valence-corrected chi connectivity index (χ1v) is 6.59. The third-order valence-corrected chi connectivity index (χ3v) is 2.69. The molecular formula is C14H23N3O2. The van der Waals surface area contributed by atoms with Gasteiger partial charge in [0.05, 0.1) is 24.9 Å². The number of aromatic nitrogens is 1. The molecule has 0 aromatic carbocycles. The summed E-state index contributed by atoms with van der Waals surface area (Å²) >= 11 is 0. The Morgan fingerprint density at radius 1 is 1.42 bits per heavy atom. The van der Waals surface area contributed by atoms with Crippen LogP contribution in [0.25, 0.3) is 0 Å². The average molecular weight is 265 g/mol. The minimum atomic E-state index is -0.275. The zero-order chi connectivity index (χ0) is 14.3. The molecule has 0 aliphatic carbocycles. The first-order valence-electron chi connectivity index (χ1n) is 6.59. The number of pyridine rings is 1. The molecule has 1 aromatic rings. The van der Waals surface area contributed by atoms with Gasteiger partial charge in [-0.3, -0.25) is 4.98 Å². The van der Waals surface area contributed by atoms with Crippen LogP contribution in [0.5, 0.6) is 0 Å². The van der Waals surface area contributed by atoms with Crippen LogP contribution in [0.15, 0.2) is 18.2 Å². The molecule has 0 aliphatic heterocycles. The number of aliphatic hydroxyl groups excluding tert-OH is 1. The standard InChI is InChI=1S/C14H23N3O2/c1-10(2)7-13(9-18)17-14(19)15-8-12-6-4-5-11(3)16-12/h4-6,10,13,18H,7-9H2,1-3H3,(H2,15,17,19). The lowest BCUT2D eigenvalue weighted by Gasteiger charge is -2.18. The molecule has 0 aliphatic rings. The predicted octanol–water partition coefficient (Wildman–Crippen LogP) is 1.60. The maximum Gasteiger partial charge on any atom is 0.315 e. The first-order chi connectivity index (χ1) is 9.01. The van der Waals surface area contributed by atoms with E-state index in [1.54, 1.807) is 0 Å². The summed E-state index contributed by atoms with van der Waals surface area (Å²) in [5.74, 6) is 0.427. The predicted molar refractivity (Wildman–Crippen MR) is 74.7 cm³/mol. The zero-order valence-corrected chi connectivity index (χ0v) is 11.8. The monoisotopic (exact) mass is 265 g/mol. The highest BCUT2D eigenvalue weighted by Gasteiger charge is 2.12. The molecule has 1 atom stereocenters. The maximum absolute atomic E-state index is 11.7. The van der Waals surface area contributed by atoms with E-state index < -0.39 is 0 Å². The summed E-state index contributed by atoms with van der Waals surface area (Å²) in [4.78, 5) is 16.0. The van der Waals surface area contributed by atoms with Crippen molar-refractivity contribution in [3.8, 4) is 0 Å². The van der Waals surface area contributed by atoms with Crippen molar-refractivity contribution < 1.29 is 9.90 Å². The van der Waals surface area contributed by atoms with E-state index in [0.717, 1.165) is 17.8 Å². The van der Waals surface area contributed by atoms with Crippen LogP contribution in [0, 0.1) is 12.8 Å². The highest BCUT2D eigenvalue weighted by molar-refractivity contribution is 5.74. The Hall–Kier alpha value is -1.62. The number of nitrogens with one attached hydrogen (secondary N) is 2. The van der Waals surface area contributed by atoms with Gasteiger partial charge in [0.25, 0.3) is 0 Å². The molecule has 3 N–H and O–H groups in total. The van der Waals surface area contributed by atoms with Gasteiger partial charge in [0.2, 0.25) is 0 Å². The van der Waals surface area contributed by atoms with Gasteiger partial charge in [0.15, 0.2) is 0 Å². The number of aliphatic hydroxyl groups is 1. The summed E-state index contributed by atoms with van der Waals surface area (Å²) < 4.78 is 0. The number of nitrogens with zero attached hydrogens (tertiary/aromatic N) is 1. The Morgan fingerprint density at radius 3 is 2.74 bits per heavy atom. The van der Waals surface area contributed by atoms with Crippen LogP contribution in [0.2, 0.25) is 0 Å². The number of rotatable bonds is 6. The van der Waals surface area contributed by atoms with Crippen molar-refractivity contribution in [2.75, 3.05) is 6.61 Å². The topological polar surface area (TPSA) is 74.2 Å². The molecule has 19 heavy (non-hydrogen) atoms. The molecule has 0 spiro atoms. The number of urea groups is 1.